The van der Waals surface area contributed by atoms with Crippen LogP contribution >= 0.6 is 0 Å². The number of hydrogen-bond acceptors (Lipinski definition) is 4. The summed E-state index contributed by atoms with van der Waals surface area (Å²) in [5.41, 5.74) is 1.19. The van der Waals surface area contributed by atoms with E-state index >= 15 is 0 Å². The lowest BCUT2D eigenvalue weighted by Gasteiger charge is -2.39. The van der Waals surface area contributed by atoms with Gasteiger partial charge in [-0.25, -0.2) is 12.8 Å². The quantitative estimate of drug-likeness (QED) is 0.779. The molecule has 0 bridgehead atoms. The van der Waals surface area contributed by atoms with Gasteiger partial charge in [-0.1, -0.05) is 24.3 Å². The number of rotatable bonds is 5. The maximum Gasteiger partial charge on any atom is 0.244 e. The molecule has 1 amide bonds. The highest BCUT2D eigenvalue weighted by atomic mass is 32.2. The summed E-state index contributed by atoms with van der Waals surface area (Å²) in [6.07, 6.45) is 1.47. The van der Waals surface area contributed by atoms with Gasteiger partial charge in [0.2, 0.25) is 15.9 Å². The SMILES string of the molecule is Cc1ccc2c(c1)OC(C)(C)C[C@@H]2NC(=O)[C@@H](C)N(c1ccccc1F)S(C)(=O)=O. The van der Waals surface area contributed by atoms with E-state index in [-0.39, 0.29) is 11.7 Å². The standard InChI is InChI=1S/C22H27FN2O4S/c1-14-10-11-16-18(13-22(3,4)29-20(16)12-14)24-21(26)15(2)25(30(5,27)28)19-9-7-6-8-17(19)23/h6-12,15,18H,13H2,1-5H3,(H,24,26)/t15-,18+/m1/s1. The van der Waals surface area contributed by atoms with Crippen molar-refractivity contribution < 1.29 is 22.3 Å². The molecule has 1 heterocycles. The first kappa shape index (κ1) is 22.1. The molecule has 1 aliphatic heterocycles. The fourth-order valence-corrected chi connectivity index (χ4v) is 4.97. The van der Waals surface area contributed by atoms with Crippen LogP contribution in [0.4, 0.5) is 10.1 Å². The number of amides is 1. The lowest BCUT2D eigenvalue weighted by molar-refractivity contribution is -0.123. The Morgan fingerprint density at radius 2 is 1.93 bits per heavy atom. The minimum Gasteiger partial charge on any atom is -0.487 e. The molecule has 162 valence electrons. The first-order valence-corrected chi connectivity index (χ1v) is 11.6. The number of carbonyl (C=O) groups is 1. The molecule has 2 aromatic rings. The molecular weight excluding hydrogens is 407 g/mol. The number of aryl methyl sites for hydroxylation is 1. The molecule has 0 saturated heterocycles. The number of carbonyl (C=O) groups excluding carboxylic acids is 1. The summed E-state index contributed by atoms with van der Waals surface area (Å²) in [7, 11) is -3.91. The van der Waals surface area contributed by atoms with Crippen molar-refractivity contribution in [3.8, 4) is 5.75 Å². The molecule has 6 nitrogen and oxygen atoms in total. The Morgan fingerprint density at radius 3 is 2.57 bits per heavy atom. The van der Waals surface area contributed by atoms with Crippen molar-refractivity contribution in [3.63, 3.8) is 0 Å². The van der Waals surface area contributed by atoms with Crippen molar-refractivity contribution in [3.05, 3.63) is 59.4 Å². The Morgan fingerprint density at radius 1 is 1.27 bits per heavy atom. The van der Waals surface area contributed by atoms with Gasteiger partial charge < -0.3 is 10.1 Å². The molecule has 0 aliphatic carbocycles. The molecule has 30 heavy (non-hydrogen) atoms. The monoisotopic (exact) mass is 434 g/mol. The molecular formula is C22H27FN2O4S. The van der Waals surface area contributed by atoms with Crippen molar-refractivity contribution in [2.45, 2.75) is 51.8 Å². The second kappa shape index (κ2) is 7.91. The molecule has 0 saturated carbocycles. The van der Waals surface area contributed by atoms with Crippen LogP contribution in [-0.2, 0) is 14.8 Å². The molecule has 2 aromatic carbocycles. The highest BCUT2D eigenvalue weighted by Crippen LogP contribution is 2.40. The lowest BCUT2D eigenvalue weighted by atomic mass is 9.89. The summed E-state index contributed by atoms with van der Waals surface area (Å²) < 4.78 is 46.0. The summed E-state index contributed by atoms with van der Waals surface area (Å²) in [5.74, 6) is -0.535. The van der Waals surface area contributed by atoms with Gasteiger partial charge in [-0.05, 0) is 51.5 Å². The van der Waals surface area contributed by atoms with Gasteiger partial charge in [0.05, 0.1) is 18.0 Å². The Kier molecular flexibility index (Phi) is 5.82. The first-order valence-electron chi connectivity index (χ1n) is 9.73. The van der Waals surface area contributed by atoms with Crippen LogP contribution in [0.2, 0.25) is 0 Å². The molecule has 1 N–H and O–H groups in total. The van der Waals surface area contributed by atoms with E-state index in [1.54, 1.807) is 0 Å². The number of sulfonamides is 1. The summed E-state index contributed by atoms with van der Waals surface area (Å²) in [6.45, 7) is 7.27. The van der Waals surface area contributed by atoms with Gasteiger partial charge in [0.1, 0.15) is 23.2 Å². The van der Waals surface area contributed by atoms with Crippen LogP contribution in [0.15, 0.2) is 42.5 Å². The van der Waals surface area contributed by atoms with Gasteiger partial charge in [-0.15, -0.1) is 0 Å². The van der Waals surface area contributed by atoms with Gasteiger partial charge >= 0.3 is 0 Å². The summed E-state index contributed by atoms with van der Waals surface area (Å²) in [4.78, 5) is 13.1. The summed E-state index contributed by atoms with van der Waals surface area (Å²) >= 11 is 0. The number of hydrogen-bond donors (Lipinski definition) is 1. The average molecular weight is 435 g/mol. The maximum atomic E-state index is 14.3. The third kappa shape index (κ3) is 4.59. The highest BCUT2D eigenvalue weighted by Gasteiger charge is 2.37. The molecule has 0 fully saturated rings. The fraction of sp³-hybridized carbons (Fsp3) is 0.409. The van der Waals surface area contributed by atoms with E-state index in [0.717, 1.165) is 27.8 Å². The molecule has 0 aromatic heterocycles. The van der Waals surface area contributed by atoms with Crippen LogP contribution in [0.1, 0.15) is 44.4 Å². The zero-order valence-corrected chi connectivity index (χ0v) is 18.6. The second-order valence-corrected chi connectivity index (χ2v) is 10.2. The van der Waals surface area contributed by atoms with Gasteiger partial charge in [-0.3, -0.25) is 9.10 Å². The Balaban J connectivity index is 1.92. The van der Waals surface area contributed by atoms with Gasteiger partial charge in [0.15, 0.2) is 0 Å². The predicted molar refractivity (Wildman–Crippen MR) is 115 cm³/mol. The van der Waals surface area contributed by atoms with Crippen LogP contribution in [0.3, 0.4) is 0 Å². The fourth-order valence-electron chi connectivity index (χ4n) is 3.79. The lowest BCUT2D eigenvalue weighted by Crippen LogP contribution is -2.50. The summed E-state index contributed by atoms with van der Waals surface area (Å²) in [6, 6.07) is 9.76. The number of anilines is 1. The third-order valence-corrected chi connectivity index (χ3v) is 6.35. The number of benzene rings is 2. The molecule has 0 radical (unpaired) electrons. The summed E-state index contributed by atoms with van der Waals surface area (Å²) in [5, 5.41) is 2.94. The number of para-hydroxylation sites is 1. The largest absolute Gasteiger partial charge is 0.487 e. The van der Waals surface area contributed by atoms with Gasteiger partial charge in [0.25, 0.3) is 0 Å². The van der Waals surface area contributed by atoms with E-state index in [1.165, 1.54) is 25.1 Å². The maximum absolute atomic E-state index is 14.3. The second-order valence-electron chi connectivity index (χ2n) is 8.35. The first-order chi connectivity index (χ1) is 13.9. The topological polar surface area (TPSA) is 75.7 Å². The number of nitrogens with one attached hydrogen (secondary N) is 1. The van der Waals surface area contributed by atoms with Crippen LogP contribution in [0, 0.1) is 12.7 Å². The zero-order chi connectivity index (χ0) is 22.3. The highest BCUT2D eigenvalue weighted by molar-refractivity contribution is 7.92. The van der Waals surface area contributed by atoms with Crippen molar-refractivity contribution in [1.82, 2.24) is 5.32 Å². The number of fused-ring (bicyclic) bond motifs is 1. The molecule has 0 spiro atoms. The van der Waals surface area contributed by atoms with Gasteiger partial charge in [0, 0.05) is 12.0 Å². The van der Waals surface area contributed by atoms with Gasteiger partial charge in [-0.2, -0.15) is 0 Å². The van der Waals surface area contributed by atoms with Crippen LogP contribution in [0.5, 0.6) is 5.75 Å². The normalized spacial score (nSPS) is 18.7. The average Bonchev–Trinajstić information content (AvgIpc) is 2.61. The van der Waals surface area contributed by atoms with E-state index < -0.39 is 33.4 Å². The smallest absolute Gasteiger partial charge is 0.244 e. The van der Waals surface area contributed by atoms with Crippen LogP contribution in [-0.4, -0.2) is 32.2 Å². The van der Waals surface area contributed by atoms with Crippen molar-refractivity contribution in [1.29, 1.82) is 0 Å². The zero-order valence-electron chi connectivity index (χ0n) is 17.8. The minimum atomic E-state index is -3.91. The molecule has 3 rings (SSSR count). The number of ether oxygens (including phenoxy) is 1. The number of nitrogens with zero attached hydrogens (tertiary/aromatic N) is 1. The molecule has 2 atom stereocenters. The third-order valence-electron chi connectivity index (χ3n) is 5.12. The molecule has 1 aliphatic rings. The van der Waals surface area contributed by atoms with E-state index in [4.69, 9.17) is 4.74 Å². The van der Waals surface area contributed by atoms with Crippen LogP contribution in [0.25, 0.3) is 0 Å². The Bertz CT molecular complexity index is 1070. The Labute approximate surface area is 177 Å². The molecule has 0 unspecified atom stereocenters. The van der Waals surface area contributed by atoms with E-state index in [2.05, 4.69) is 5.32 Å². The van der Waals surface area contributed by atoms with Crippen LogP contribution < -0.4 is 14.4 Å². The van der Waals surface area contributed by atoms with E-state index in [0.29, 0.717) is 12.2 Å². The van der Waals surface area contributed by atoms with Crippen molar-refractivity contribution in [2.75, 3.05) is 10.6 Å². The molecule has 8 heteroatoms. The number of halogens is 1. The predicted octanol–water partition coefficient (Wildman–Crippen LogP) is 3.71. The Hall–Kier alpha value is -2.61. The van der Waals surface area contributed by atoms with E-state index in [9.17, 15) is 17.6 Å². The minimum absolute atomic E-state index is 0.161. The van der Waals surface area contributed by atoms with Crippen molar-refractivity contribution >= 4 is 21.6 Å². The van der Waals surface area contributed by atoms with Crippen molar-refractivity contribution in [2.24, 2.45) is 0 Å². The van der Waals surface area contributed by atoms with E-state index in [1.807, 2.05) is 39.0 Å².